The fourth-order valence-corrected chi connectivity index (χ4v) is 4.22. The number of piperidine rings is 1. The van der Waals surface area contributed by atoms with Crippen LogP contribution in [0.4, 0.5) is 5.69 Å². The predicted octanol–water partition coefficient (Wildman–Crippen LogP) is 2.68. The third kappa shape index (κ3) is 6.12. The van der Waals surface area contributed by atoms with Crippen molar-refractivity contribution in [2.75, 3.05) is 31.1 Å². The Hall–Kier alpha value is -2.81. The Morgan fingerprint density at radius 1 is 1.06 bits per heavy atom. The van der Waals surface area contributed by atoms with Crippen LogP contribution >= 0.6 is 0 Å². The summed E-state index contributed by atoms with van der Waals surface area (Å²) in [4.78, 5) is 31.4. The SMILES string of the molecule is CCCC(=O)OCC1(N(C(=O)CCC)c2ccccc2)CCN(CCn2ncnn2)CC1. The lowest BCUT2D eigenvalue weighted by atomic mass is 9.85. The van der Waals surface area contributed by atoms with Gasteiger partial charge in [-0.25, -0.2) is 0 Å². The van der Waals surface area contributed by atoms with Crippen molar-refractivity contribution in [3.05, 3.63) is 36.7 Å². The molecule has 0 aliphatic carbocycles. The molecule has 0 saturated carbocycles. The minimum Gasteiger partial charge on any atom is -0.463 e. The van der Waals surface area contributed by atoms with Gasteiger partial charge in [0.25, 0.3) is 0 Å². The number of benzene rings is 1. The van der Waals surface area contributed by atoms with E-state index in [1.54, 1.807) is 4.80 Å². The monoisotopic (exact) mass is 442 g/mol. The maximum atomic E-state index is 13.3. The third-order valence-electron chi connectivity index (χ3n) is 5.95. The molecule has 9 nitrogen and oxygen atoms in total. The van der Waals surface area contributed by atoms with E-state index in [2.05, 4.69) is 20.3 Å². The van der Waals surface area contributed by atoms with Crippen LogP contribution in [0.15, 0.2) is 36.7 Å². The molecule has 0 radical (unpaired) electrons. The van der Waals surface area contributed by atoms with Gasteiger partial charge in [-0.2, -0.15) is 4.80 Å². The van der Waals surface area contributed by atoms with Crippen LogP contribution in [0.1, 0.15) is 52.4 Å². The number of nitrogens with zero attached hydrogens (tertiary/aromatic N) is 6. The van der Waals surface area contributed by atoms with E-state index in [1.165, 1.54) is 6.33 Å². The summed E-state index contributed by atoms with van der Waals surface area (Å²) in [5, 5.41) is 11.7. The minimum absolute atomic E-state index is 0.0745. The molecule has 2 heterocycles. The molecule has 3 rings (SSSR count). The topological polar surface area (TPSA) is 93.5 Å². The Morgan fingerprint density at radius 2 is 1.78 bits per heavy atom. The van der Waals surface area contributed by atoms with E-state index in [4.69, 9.17) is 4.74 Å². The fourth-order valence-electron chi connectivity index (χ4n) is 4.22. The van der Waals surface area contributed by atoms with Gasteiger partial charge in [0.05, 0.1) is 12.1 Å². The van der Waals surface area contributed by atoms with Crippen molar-refractivity contribution in [2.45, 2.75) is 64.5 Å². The number of ether oxygens (including phenoxy) is 1. The number of para-hydroxylation sites is 1. The summed E-state index contributed by atoms with van der Waals surface area (Å²) < 4.78 is 5.73. The van der Waals surface area contributed by atoms with Crippen molar-refractivity contribution in [2.24, 2.45) is 0 Å². The highest BCUT2D eigenvalue weighted by atomic mass is 16.5. The molecule has 0 bridgehead atoms. The van der Waals surface area contributed by atoms with Crippen molar-refractivity contribution in [1.82, 2.24) is 25.1 Å². The van der Waals surface area contributed by atoms with Gasteiger partial charge in [0.15, 0.2) is 6.33 Å². The molecule has 1 saturated heterocycles. The Morgan fingerprint density at radius 3 is 2.41 bits per heavy atom. The van der Waals surface area contributed by atoms with Gasteiger partial charge in [0, 0.05) is 38.2 Å². The number of anilines is 1. The highest BCUT2D eigenvalue weighted by molar-refractivity contribution is 5.95. The van der Waals surface area contributed by atoms with Gasteiger partial charge >= 0.3 is 5.97 Å². The molecule has 1 aliphatic heterocycles. The standard InChI is InChI=1S/C23H34N6O3/c1-3-8-21(30)29(20-10-6-5-7-11-20)23(18-32-22(31)9-4-2)12-14-27(15-13-23)16-17-28-25-19-24-26-28/h5-7,10-11,19H,3-4,8-9,12-18H2,1-2H3. The van der Waals surface area contributed by atoms with E-state index in [-0.39, 0.29) is 18.5 Å². The van der Waals surface area contributed by atoms with Crippen molar-refractivity contribution in [3.63, 3.8) is 0 Å². The number of esters is 1. The van der Waals surface area contributed by atoms with Gasteiger partial charge in [-0.3, -0.25) is 9.59 Å². The average molecular weight is 443 g/mol. The number of carbonyl (C=O) groups excluding carboxylic acids is 2. The summed E-state index contributed by atoms with van der Waals surface area (Å²) in [5.41, 5.74) is 0.302. The van der Waals surface area contributed by atoms with Crippen LogP contribution in [0, 0.1) is 0 Å². The number of hydrogen-bond acceptors (Lipinski definition) is 7. The van der Waals surface area contributed by atoms with Crippen molar-refractivity contribution in [3.8, 4) is 0 Å². The van der Waals surface area contributed by atoms with Crippen molar-refractivity contribution >= 4 is 17.6 Å². The number of carbonyl (C=O) groups is 2. The molecule has 32 heavy (non-hydrogen) atoms. The normalized spacial score (nSPS) is 15.9. The molecule has 0 spiro atoms. The van der Waals surface area contributed by atoms with E-state index in [0.717, 1.165) is 51.0 Å². The first-order valence-electron chi connectivity index (χ1n) is 11.5. The second-order valence-electron chi connectivity index (χ2n) is 8.32. The lowest BCUT2D eigenvalue weighted by molar-refractivity contribution is -0.147. The van der Waals surface area contributed by atoms with E-state index in [1.807, 2.05) is 49.1 Å². The van der Waals surface area contributed by atoms with E-state index >= 15 is 0 Å². The van der Waals surface area contributed by atoms with Crippen LogP contribution in [0.2, 0.25) is 0 Å². The van der Waals surface area contributed by atoms with Crippen molar-refractivity contribution < 1.29 is 14.3 Å². The maximum absolute atomic E-state index is 13.3. The number of rotatable bonds is 11. The third-order valence-corrected chi connectivity index (χ3v) is 5.95. The van der Waals surface area contributed by atoms with Gasteiger partial charge < -0.3 is 14.5 Å². The zero-order chi connectivity index (χ0) is 22.8. The number of amides is 1. The summed E-state index contributed by atoms with van der Waals surface area (Å²) in [6.07, 6.45) is 5.24. The highest BCUT2D eigenvalue weighted by Gasteiger charge is 2.44. The average Bonchev–Trinajstić information content (AvgIpc) is 3.32. The predicted molar refractivity (Wildman–Crippen MR) is 121 cm³/mol. The summed E-state index contributed by atoms with van der Waals surface area (Å²) in [5.74, 6) is -0.131. The first-order valence-corrected chi connectivity index (χ1v) is 11.5. The number of hydrogen-bond donors (Lipinski definition) is 0. The zero-order valence-corrected chi connectivity index (χ0v) is 19.2. The second-order valence-corrected chi connectivity index (χ2v) is 8.32. The summed E-state index contributed by atoms with van der Waals surface area (Å²) in [6.45, 7) is 7.24. The Bertz CT molecular complexity index is 835. The van der Waals surface area contributed by atoms with Crippen molar-refractivity contribution in [1.29, 1.82) is 0 Å². The Balaban J connectivity index is 1.79. The molecule has 1 aliphatic rings. The molecular weight excluding hydrogens is 408 g/mol. The maximum Gasteiger partial charge on any atom is 0.305 e. The van der Waals surface area contributed by atoms with Crippen LogP contribution in [-0.4, -0.2) is 68.8 Å². The van der Waals surface area contributed by atoms with Crippen LogP contribution < -0.4 is 4.90 Å². The molecule has 2 aromatic rings. The minimum atomic E-state index is -0.557. The van der Waals surface area contributed by atoms with Gasteiger partial charge in [-0.1, -0.05) is 32.0 Å². The lowest BCUT2D eigenvalue weighted by Crippen LogP contribution is -2.60. The summed E-state index contributed by atoms with van der Waals surface area (Å²) >= 11 is 0. The largest absolute Gasteiger partial charge is 0.463 e. The highest BCUT2D eigenvalue weighted by Crippen LogP contribution is 2.35. The van der Waals surface area contributed by atoms with Gasteiger partial charge in [0.2, 0.25) is 5.91 Å². The lowest BCUT2D eigenvalue weighted by Gasteiger charge is -2.48. The summed E-state index contributed by atoms with van der Waals surface area (Å²) in [6, 6.07) is 9.76. The van der Waals surface area contributed by atoms with Gasteiger partial charge in [0.1, 0.15) is 6.61 Å². The molecule has 9 heteroatoms. The zero-order valence-electron chi connectivity index (χ0n) is 19.2. The Labute approximate surface area is 189 Å². The molecule has 0 N–H and O–H groups in total. The van der Waals surface area contributed by atoms with E-state index < -0.39 is 5.54 Å². The molecule has 0 atom stereocenters. The Kier molecular flexibility index (Phi) is 8.72. The molecule has 174 valence electrons. The number of aromatic nitrogens is 4. The quantitative estimate of drug-likeness (QED) is 0.494. The second kappa shape index (κ2) is 11.7. The van der Waals surface area contributed by atoms with Crippen LogP contribution in [0.3, 0.4) is 0 Å². The molecule has 0 unspecified atom stereocenters. The fraction of sp³-hybridized carbons (Fsp3) is 0.609. The smallest absolute Gasteiger partial charge is 0.305 e. The summed E-state index contributed by atoms with van der Waals surface area (Å²) in [7, 11) is 0. The molecular formula is C23H34N6O3. The van der Waals surface area contributed by atoms with Gasteiger partial charge in [-0.15, -0.1) is 10.2 Å². The van der Waals surface area contributed by atoms with Crippen LogP contribution in [0.25, 0.3) is 0 Å². The molecule has 1 aromatic heterocycles. The number of tetrazole rings is 1. The molecule has 1 amide bonds. The van der Waals surface area contributed by atoms with Gasteiger partial charge in [-0.05, 0) is 43.0 Å². The molecule has 1 aromatic carbocycles. The molecule has 1 fully saturated rings. The van der Waals surface area contributed by atoms with Crippen LogP contribution in [0.5, 0.6) is 0 Å². The first-order chi connectivity index (χ1) is 15.6. The van der Waals surface area contributed by atoms with Crippen LogP contribution in [-0.2, 0) is 20.9 Å². The van der Waals surface area contributed by atoms with E-state index in [9.17, 15) is 9.59 Å². The number of likely N-dealkylation sites (tertiary alicyclic amines) is 1. The van der Waals surface area contributed by atoms with E-state index in [0.29, 0.717) is 19.4 Å². The first kappa shape index (κ1) is 23.8.